The van der Waals surface area contributed by atoms with Crippen LogP contribution in [0.3, 0.4) is 0 Å². The Morgan fingerprint density at radius 3 is 2.21 bits per heavy atom. The molecular weight excluding hydrogens is 258 g/mol. The average Bonchev–Trinajstić information content (AvgIpc) is 2.36. The van der Waals surface area contributed by atoms with Gasteiger partial charge in [0.1, 0.15) is 0 Å². The van der Waals surface area contributed by atoms with E-state index in [9.17, 15) is 18.4 Å². The zero-order chi connectivity index (χ0) is 14.4. The van der Waals surface area contributed by atoms with Crippen LogP contribution in [0.1, 0.15) is 30.1 Å². The second-order valence-electron chi connectivity index (χ2n) is 3.70. The van der Waals surface area contributed by atoms with Crippen molar-refractivity contribution in [3.05, 3.63) is 29.3 Å². The first-order chi connectivity index (χ1) is 8.99. The lowest BCUT2D eigenvalue weighted by atomic mass is 10.1. The molecule has 0 fully saturated rings. The Bertz CT molecular complexity index is 463. The van der Waals surface area contributed by atoms with Crippen molar-refractivity contribution in [1.29, 1.82) is 0 Å². The van der Waals surface area contributed by atoms with Crippen LogP contribution in [0.5, 0.6) is 5.75 Å². The molecule has 0 aromatic heterocycles. The van der Waals surface area contributed by atoms with E-state index in [1.165, 1.54) is 0 Å². The van der Waals surface area contributed by atoms with E-state index >= 15 is 0 Å². The molecule has 104 valence electrons. The molecule has 4 nitrogen and oxygen atoms in total. The maximum absolute atomic E-state index is 13.4. The van der Waals surface area contributed by atoms with Crippen LogP contribution in [0.2, 0.25) is 0 Å². The molecule has 0 unspecified atom stereocenters. The first-order valence-electron chi connectivity index (χ1n) is 5.71. The molecule has 1 aromatic carbocycles. The highest BCUT2D eigenvalue weighted by Gasteiger charge is 2.16. The molecule has 0 saturated heterocycles. The number of methoxy groups -OCH3 is 1. The quantitative estimate of drug-likeness (QED) is 0.589. The average molecular weight is 272 g/mol. The topological polar surface area (TPSA) is 52.6 Å². The van der Waals surface area contributed by atoms with Crippen molar-refractivity contribution in [2.24, 2.45) is 0 Å². The van der Waals surface area contributed by atoms with Gasteiger partial charge in [-0.3, -0.25) is 9.59 Å². The number of hydrogen-bond donors (Lipinski definition) is 0. The third-order valence-corrected chi connectivity index (χ3v) is 2.39. The zero-order valence-corrected chi connectivity index (χ0v) is 10.7. The molecule has 6 heteroatoms. The van der Waals surface area contributed by atoms with E-state index in [2.05, 4.69) is 9.47 Å². The molecule has 19 heavy (non-hydrogen) atoms. The summed E-state index contributed by atoms with van der Waals surface area (Å²) in [6.45, 7) is 1.87. The van der Waals surface area contributed by atoms with E-state index in [1.54, 1.807) is 6.92 Å². The maximum Gasteiger partial charge on any atom is 0.306 e. The number of ether oxygens (including phenoxy) is 2. The van der Waals surface area contributed by atoms with Crippen molar-refractivity contribution in [3.8, 4) is 5.75 Å². The number of benzene rings is 1. The van der Waals surface area contributed by atoms with Gasteiger partial charge >= 0.3 is 5.97 Å². The summed E-state index contributed by atoms with van der Waals surface area (Å²) in [5.74, 6) is -3.51. The molecule has 0 amide bonds. The van der Waals surface area contributed by atoms with Crippen LogP contribution in [0.4, 0.5) is 8.78 Å². The van der Waals surface area contributed by atoms with Crippen molar-refractivity contribution in [2.45, 2.75) is 19.8 Å². The molecule has 1 aromatic rings. The minimum Gasteiger partial charge on any atom is -0.491 e. The van der Waals surface area contributed by atoms with Gasteiger partial charge in [-0.2, -0.15) is 0 Å². The van der Waals surface area contributed by atoms with E-state index in [4.69, 9.17) is 0 Å². The van der Waals surface area contributed by atoms with Crippen molar-refractivity contribution < 1.29 is 27.8 Å². The van der Waals surface area contributed by atoms with Crippen LogP contribution >= 0.6 is 0 Å². The summed E-state index contributed by atoms with van der Waals surface area (Å²) in [5.41, 5.74) is -0.139. The number of carbonyl (C=O) groups excluding carboxylic acids is 2. The molecule has 0 N–H and O–H groups in total. The normalized spacial score (nSPS) is 10.1. The Labute approximate surface area is 109 Å². The summed E-state index contributed by atoms with van der Waals surface area (Å²) in [6, 6.07) is 1.77. The first-order valence-corrected chi connectivity index (χ1v) is 5.71. The molecule has 0 atom stereocenters. The molecule has 0 aliphatic rings. The second-order valence-corrected chi connectivity index (χ2v) is 3.70. The molecule has 0 bridgehead atoms. The highest BCUT2D eigenvalue weighted by atomic mass is 19.1. The van der Waals surface area contributed by atoms with Gasteiger partial charge in [0.05, 0.1) is 20.1 Å². The third-order valence-electron chi connectivity index (χ3n) is 2.39. The predicted molar refractivity (Wildman–Crippen MR) is 63.1 cm³/mol. The highest BCUT2D eigenvalue weighted by Crippen LogP contribution is 2.23. The first kappa shape index (κ1) is 15.1. The lowest BCUT2D eigenvalue weighted by molar-refractivity contribution is -0.143. The summed E-state index contributed by atoms with van der Waals surface area (Å²) in [6.07, 6.45) is -0.286. The zero-order valence-electron chi connectivity index (χ0n) is 10.7. The maximum atomic E-state index is 13.4. The Hall–Kier alpha value is -1.98. The number of Topliss-reactive ketones (excluding diaryl/α,β-unsaturated/α-hetero) is 1. The Kier molecular flexibility index (Phi) is 5.41. The summed E-state index contributed by atoms with van der Waals surface area (Å²) < 4.78 is 35.9. The van der Waals surface area contributed by atoms with E-state index < -0.39 is 29.1 Å². The number of carbonyl (C=O) groups is 2. The van der Waals surface area contributed by atoms with Gasteiger partial charge in [-0.25, -0.2) is 8.78 Å². The SMILES string of the molecule is CCOC(=O)CCC(=O)c1cc(F)c(OC)c(F)c1. The molecule has 0 spiro atoms. The molecule has 0 aliphatic carbocycles. The van der Waals surface area contributed by atoms with Crippen LogP contribution in [0.15, 0.2) is 12.1 Å². The number of rotatable bonds is 6. The predicted octanol–water partition coefficient (Wildman–Crippen LogP) is 2.50. The molecule has 0 radical (unpaired) electrons. The fourth-order valence-corrected chi connectivity index (χ4v) is 1.51. The van der Waals surface area contributed by atoms with Crippen LogP contribution < -0.4 is 4.74 Å². The second kappa shape index (κ2) is 6.82. The largest absolute Gasteiger partial charge is 0.491 e. The molecule has 0 aliphatic heterocycles. The summed E-state index contributed by atoms with van der Waals surface area (Å²) in [5, 5.41) is 0. The van der Waals surface area contributed by atoms with Gasteiger partial charge in [0.25, 0.3) is 0 Å². The number of esters is 1. The summed E-state index contributed by atoms with van der Waals surface area (Å²) in [7, 11) is 1.13. The molecule has 0 heterocycles. The van der Waals surface area contributed by atoms with Crippen molar-refractivity contribution >= 4 is 11.8 Å². The van der Waals surface area contributed by atoms with Gasteiger partial charge in [-0.1, -0.05) is 0 Å². The van der Waals surface area contributed by atoms with E-state index in [1.807, 2.05) is 0 Å². The fraction of sp³-hybridized carbons (Fsp3) is 0.385. The van der Waals surface area contributed by atoms with Crippen LogP contribution in [-0.4, -0.2) is 25.5 Å². The highest BCUT2D eigenvalue weighted by molar-refractivity contribution is 5.97. The van der Waals surface area contributed by atoms with Gasteiger partial charge in [-0.15, -0.1) is 0 Å². The standard InChI is InChI=1S/C13H14F2O4/c1-3-19-12(17)5-4-11(16)8-6-9(14)13(18-2)10(15)7-8/h6-7H,3-5H2,1-2H3. The van der Waals surface area contributed by atoms with Crippen molar-refractivity contribution in [3.63, 3.8) is 0 Å². The van der Waals surface area contributed by atoms with Crippen LogP contribution in [0.25, 0.3) is 0 Å². The number of ketones is 1. The summed E-state index contributed by atoms with van der Waals surface area (Å²) >= 11 is 0. The summed E-state index contributed by atoms with van der Waals surface area (Å²) in [4.78, 5) is 22.7. The fourth-order valence-electron chi connectivity index (χ4n) is 1.51. The van der Waals surface area contributed by atoms with E-state index in [-0.39, 0.29) is 25.0 Å². The lowest BCUT2D eigenvalue weighted by Gasteiger charge is -2.06. The van der Waals surface area contributed by atoms with E-state index in [0.717, 1.165) is 19.2 Å². The van der Waals surface area contributed by atoms with Crippen LogP contribution in [0, 0.1) is 11.6 Å². The Morgan fingerprint density at radius 2 is 1.74 bits per heavy atom. The molecular formula is C13H14F2O4. The lowest BCUT2D eigenvalue weighted by Crippen LogP contribution is -2.08. The smallest absolute Gasteiger partial charge is 0.306 e. The molecule has 0 saturated carbocycles. The Morgan fingerprint density at radius 1 is 1.16 bits per heavy atom. The minimum absolute atomic E-state index is 0.123. The minimum atomic E-state index is -0.956. The third kappa shape index (κ3) is 4.01. The van der Waals surface area contributed by atoms with Gasteiger partial charge in [0.15, 0.2) is 23.2 Å². The number of hydrogen-bond acceptors (Lipinski definition) is 4. The van der Waals surface area contributed by atoms with Gasteiger partial charge in [0.2, 0.25) is 0 Å². The van der Waals surface area contributed by atoms with Gasteiger partial charge in [-0.05, 0) is 19.1 Å². The van der Waals surface area contributed by atoms with E-state index in [0.29, 0.717) is 0 Å². The van der Waals surface area contributed by atoms with Gasteiger partial charge < -0.3 is 9.47 Å². The van der Waals surface area contributed by atoms with Gasteiger partial charge in [0, 0.05) is 12.0 Å². The molecule has 1 rings (SSSR count). The number of halogens is 2. The Balaban J connectivity index is 2.75. The van der Waals surface area contributed by atoms with Crippen LogP contribution in [-0.2, 0) is 9.53 Å². The monoisotopic (exact) mass is 272 g/mol. The van der Waals surface area contributed by atoms with Crippen molar-refractivity contribution in [1.82, 2.24) is 0 Å². The van der Waals surface area contributed by atoms with Crippen molar-refractivity contribution in [2.75, 3.05) is 13.7 Å².